The van der Waals surface area contributed by atoms with E-state index in [1.165, 1.54) is 0 Å². The van der Waals surface area contributed by atoms with E-state index in [-0.39, 0.29) is 11.2 Å². The summed E-state index contributed by atoms with van der Waals surface area (Å²) in [7, 11) is 0. The molecule has 1 aliphatic carbocycles. The Labute approximate surface area is 171 Å². The fraction of sp³-hybridized carbons (Fsp3) is 0.375. The van der Waals surface area contributed by atoms with E-state index in [1.807, 2.05) is 36.4 Å². The SMILES string of the molecule is CCN(CC)CCOc1ccc2c(c1)C(C)(C)c1[nH]c3cc(N)ccc3c1C2=O. The number of likely N-dealkylation sites (N-methyl/N-ethyl adjacent to an activating group) is 1. The molecule has 0 unspecified atom stereocenters. The molecule has 0 bridgehead atoms. The number of fused-ring (bicyclic) bond motifs is 4. The lowest BCUT2D eigenvalue weighted by Gasteiger charge is -2.32. The number of H-pyrrole nitrogens is 1. The summed E-state index contributed by atoms with van der Waals surface area (Å²) in [6.07, 6.45) is 0. The van der Waals surface area contributed by atoms with Gasteiger partial charge in [-0.25, -0.2) is 0 Å². The largest absolute Gasteiger partial charge is 0.492 e. The number of benzene rings is 2. The van der Waals surface area contributed by atoms with Gasteiger partial charge in [-0.1, -0.05) is 33.8 Å². The molecule has 0 aliphatic heterocycles. The number of nitrogens with two attached hydrogens (primary N) is 1. The van der Waals surface area contributed by atoms with Crippen LogP contribution in [0.1, 0.15) is 54.9 Å². The van der Waals surface area contributed by atoms with Gasteiger partial charge in [-0.3, -0.25) is 4.79 Å². The van der Waals surface area contributed by atoms with Crippen LogP contribution in [0, 0.1) is 0 Å². The predicted octanol–water partition coefficient (Wildman–Crippen LogP) is 4.34. The number of aromatic amines is 1. The first-order valence-corrected chi connectivity index (χ1v) is 10.3. The van der Waals surface area contributed by atoms with Crippen LogP contribution in [0.15, 0.2) is 36.4 Å². The second-order valence-electron chi connectivity index (χ2n) is 8.22. The van der Waals surface area contributed by atoms with Gasteiger partial charge < -0.3 is 20.4 Å². The number of aromatic nitrogens is 1. The minimum Gasteiger partial charge on any atom is -0.492 e. The fourth-order valence-electron chi connectivity index (χ4n) is 4.35. The highest BCUT2D eigenvalue weighted by atomic mass is 16.5. The normalized spacial score (nSPS) is 14.9. The van der Waals surface area contributed by atoms with Gasteiger partial charge in [-0.05, 0) is 49.0 Å². The van der Waals surface area contributed by atoms with Crippen molar-refractivity contribution in [2.24, 2.45) is 0 Å². The van der Waals surface area contributed by atoms with Crippen LogP contribution in [0.4, 0.5) is 5.69 Å². The van der Waals surface area contributed by atoms with Gasteiger partial charge in [-0.2, -0.15) is 0 Å². The molecule has 0 saturated carbocycles. The minimum absolute atomic E-state index is 0.0556. The maximum absolute atomic E-state index is 13.3. The highest BCUT2D eigenvalue weighted by molar-refractivity contribution is 6.20. The molecule has 1 aromatic heterocycles. The van der Waals surface area contributed by atoms with E-state index >= 15 is 0 Å². The molecule has 0 radical (unpaired) electrons. The van der Waals surface area contributed by atoms with Gasteiger partial charge in [0.1, 0.15) is 12.4 Å². The minimum atomic E-state index is -0.343. The number of carbonyl (C=O) groups is 1. The maximum Gasteiger partial charge on any atom is 0.195 e. The number of nitrogens with one attached hydrogen (secondary N) is 1. The standard InChI is InChI=1S/C24H29N3O2/c1-5-27(6-2)11-12-29-16-8-10-17-19(14-16)24(3,4)23-21(22(17)28)18-9-7-15(25)13-20(18)26-23/h7-10,13-14,26H,5-6,11-12,25H2,1-4H3. The average Bonchev–Trinajstić information content (AvgIpc) is 3.09. The van der Waals surface area contributed by atoms with Gasteiger partial charge in [0.2, 0.25) is 0 Å². The quantitative estimate of drug-likeness (QED) is 0.613. The average molecular weight is 392 g/mol. The molecule has 29 heavy (non-hydrogen) atoms. The van der Waals surface area contributed by atoms with Crippen molar-refractivity contribution in [2.75, 3.05) is 32.0 Å². The highest BCUT2D eigenvalue weighted by Gasteiger charge is 2.39. The summed E-state index contributed by atoms with van der Waals surface area (Å²) in [5.41, 5.74) is 10.6. The van der Waals surface area contributed by atoms with Crippen LogP contribution in [0.5, 0.6) is 5.75 Å². The van der Waals surface area contributed by atoms with Gasteiger partial charge in [-0.15, -0.1) is 0 Å². The molecule has 3 N–H and O–H groups in total. The smallest absolute Gasteiger partial charge is 0.195 e. The van der Waals surface area contributed by atoms with Crippen LogP contribution in [0.25, 0.3) is 10.9 Å². The third kappa shape index (κ3) is 3.19. The van der Waals surface area contributed by atoms with E-state index in [0.29, 0.717) is 12.3 Å². The predicted molar refractivity (Wildman–Crippen MR) is 118 cm³/mol. The highest BCUT2D eigenvalue weighted by Crippen LogP contribution is 2.44. The first kappa shape index (κ1) is 19.5. The molecule has 0 spiro atoms. The van der Waals surface area contributed by atoms with E-state index in [9.17, 15) is 4.79 Å². The summed E-state index contributed by atoms with van der Waals surface area (Å²) in [4.78, 5) is 19.1. The van der Waals surface area contributed by atoms with Crippen LogP contribution < -0.4 is 10.5 Å². The van der Waals surface area contributed by atoms with Crippen LogP contribution >= 0.6 is 0 Å². The summed E-state index contributed by atoms with van der Waals surface area (Å²) < 4.78 is 6.02. The first-order valence-electron chi connectivity index (χ1n) is 10.3. The number of carbonyl (C=O) groups excluding carboxylic acids is 1. The number of ether oxygens (including phenoxy) is 1. The molecule has 1 heterocycles. The summed E-state index contributed by atoms with van der Waals surface area (Å²) in [5, 5.41) is 0.928. The van der Waals surface area contributed by atoms with Gasteiger partial charge in [0.25, 0.3) is 0 Å². The van der Waals surface area contributed by atoms with Crippen LogP contribution in [0.3, 0.4) is 0 Å². The van der Waals surface area contributed by atoms with E-state index in [4.69, 9.17) is 10.5 Å². The Morgan fingerprint density at radius 1 is 1.10 bits per heavy atom. The maximum atomic E-state index is 13.3. The monoisotopic (exact) mass is 391 g/mol. The van der Waals surface area contributed by atoms with Gasteiger partial charge in [0.15, 0.2) is 5.78 Å². The Morgan fingerprint density at radius 3 is 2.59 bits per heavy atom. The Morgan fingerprint density at radius 2 is 1.86 bits per heavy atom. The number of hydrogen-bond donors (Lipinski definition) is 2. The van der Waals surface area contributed by atoms with Crippen molar-refractivity contribution in [1.82, 2.24) is 9.88 Å². The molecular formula is C24H29N3O2. The molecule has 0 fully saturated rings. The Bertz CT molecular complexity index is 1080. The van der Waals surface area contributed by atoms with E-state index < -0.39 is 0 Å². The second-order valence-corrected chi connectivity index (χ2v) is 8.22. The lowest BCUT2D eigenvalue weighted by molar-refractivity contribution is 0.103. The van der Waals surface area contributed by atoms with Crippen molar-refractivity contribution in [3.8, 4) is 5.75 Å². The van der Waals surface area contributed by atoms with Crippen molar-refractivity contribution >= 4 is 22.4 Å². The molecule has 152 valence electrons. The number of anilines is 1. The summed E-state index contributed by atoms with van der Waals surface area (Å²) in [6.45, 7) is 12.2. The number of hydrogen-bond acceptors (Lipinski definition) is 4. The topological polar surface area (TPSA) is 71.3 Å². The zero-order valence-electron chi connectivity index (χ0n) is 17.6. The summed E-state index contributed by atoms with van der Waals surface area (Å²) >= 11 is 0. The van der Waals surface area contributed by atoms with Gasteiger partial charge in [0, 0.05) is 39.8 Å². The zero-order chi connectivity index (χ0) is 20.8. The lowest BCUT2D eigenvalue weighted by atomic mass is 9.71. The third-order valence-corrected chi connectivity index (χ3v) is 6.15. The zero-order valence-corrected chi connectivity index (χ0v) is 17.6. The molecule has 2 aromatic carbocycles. The van der Waals surface area contributed by atoms with Crippen LogP contribution in [0.2, 0.25) is 0 Å². The second kappa shape index (κ2) is 7.23. The molecule has 1 aliphatic rings. The Hall–Kier alpha value is -2.79. The lowest BCUT2D eigenvalue weighted by Crippen LogP contribution is -2.30. The van der Waals surface area contributed by atoms with Gasteiger partial charge in [0.05, 0.1) is 5.56 Å². The third-order valence-electron chi connectivity index (χ3n) is 6.15. The molecule has 0 atom stereocenters. The molecule has 5 heteroatoms. The fourth-order valence-corrected chi connectivity index (χ4v) is 4.35. The summed E-state index contributed by atoms with van der Waals surface area (Å²) in [6, 6.07) is 11.5. The molecular weight excluding hydrogens is 362 g/mol. The van der Waals surface area contributed by atoms with E-state index in [1.54, 1.807) is 0 Å². The molecule has 4 rings (SSSR count). The molecule has 3 aromatic rings. The van der Waals surface area contributed by atoms with Crippen molar-refractivity contribution in [1.29, 1.82) is 0 Å². The van der Waals surface area contributed by atoms with Crippen LogP contribution in [-0.2, 0) is 5.41 Å². The Kier molecular flexibility index (Phi) is 4.87. The number of nitrogens with zero attached hydrogens (tertiary/aromatic N) is 1. The van der Waals surface area contributed by atoms with E-state index in [2.05, 4.69) is 37.6 Å². The van der Waals surface area contributed by atoms with E-state index in [0.717, 1.165) is 58.7 Å². The molecule has 5 nitrogen and oxygen atoms in total. The number of ketones is 1. The number of nitrogen functional groups attached to an aromatic ring is 1. The van der Waals surface area contributed by atoms with Crippen molar-refractivity contribution in [3.05, 3.63) is 58.8 Å². The molecule has 0 saturated heterocycles. The van der Waals surface area contributed by atoms with Crippen LogP contribution in [-0.4, -0.2) is 41.9 Å². The van der Waals surface area contributed by atoms with Crippen molar-refractivity contribution in [2.45, 2.75) is 33.1 Å². The van der Waals surface area contributed by atoms with Gasteiger partial charge >= 0.3 is 0 Å². The first-order chi connectivity index (χ1) is 13.9. The molecule has 0 amide bonds. The summed E-state index contributed by atoms with van der Waals surface area (Å²) in [5.74, 6) is 0.862. The number of rotatable bonds is 6. The van der Waals surface area contributed by atoms with Crippen molar-refractivity contribution in [3.63, 3.8) is 0 Å². The van der Waals surface area contributed by atoms with Crippen molar-refractivity contribution < 1.29 is 9.53 Å². The Balaban J connectivity index is 1.70.